The van der Waals surface area contributed by atoms with Crippen molar-refractivity contribution in [1.29, 1.82) is 0 Å². The summed E-state index contributed by atoms with van der Waals surface area (Å²) in [5, 5.41) is 3.49. The Labute approximate surface area is 141 Å². The van der Waals surface area contributed by atoms with Crippen LogP contribution in [-0.2, 0) is 11.3 Å². The number of nitrogens with zero attached hydrogens (tertiary/aromatic N) is 4. The zero-order valence-electron chi connectivity index (χ0n) is 13.9. The molecule has 0 radical (unpaired) electrons. The van der Waals surface area contributed by atoms with Crippen LogP contribution in [0.2, 0.25) is 0 Å². The number of likely N-dealkylation sites (tertiary alicyclic amines) is 1. The summed E-state index contributed by atoms with van der Waals surface area (Å²) in [5.74, 6) is 2.37. The van der Waals surface area contributed by atoms with Gasteiger partial charge in [-0.25, -0.2) is 4.98 Å². The van der Waals surface area contributed by atoms with Crippen molar-refractivity contribution in [3.63, 3.8) is 0 Å². The van der Waals surface area contributed by atoms with Gasteiger partial charge in [0, 0.05) is 44.4 Å². The lowest BCUT2D eigenvalue weighted by atomic mass is 9.82. The number of imidazole rings is 1. The van der Waals surface area contributed by atoms with Crippen LogP contribution in [0.3, 0.4) is 0 Å². The number of nitrogens with one attached hydrogen (secondary N) is 1. The number of aliphatic imine (C=N–C) groups is 1. The van der Waals surface area contributed by atoms with Gasteiger partial charge in [0.05, 0.1) is 24.4 Å². The van der Waals surface area contributed by atoms with E-state index in [9.17, 15) is 0 Å². The van der Waals surface area contributed by atoms with Gasteiger partial charge in [-0.2, -0.15) is 0 Å². The monoisotopic (exact) mass is 325 g/mol. The Balaban J connectivity index is 1.26. The van der Waals surface area contributed by atoms with Gasteiger partial charge in [-0.05, 0) is 25.0 Å². The van der Waals surface area contributed by atoms with Crippen LogP contribution in [0, 0.1) is 11.8 Å². The summed E-state index contributed by atoms with van der Waals surface area (Å²) in [6.45, 7) is 2.83. The minimum Gasteiger partial charge on any atom is -0.374 e. The van der Waals surface area contributed by atoms with E-state index >= 15 is 0 Å². The van der Waals surface area contributed by atoms with Gasteiger partial charge < -0.3 is 19.4 Å². The first kappa shape index (κ1) is 14.3. The highest BCUT2D eigenvalue weighted by Crippen LogP contribution is 2.47. The molecule has 126 valence electrons. The summed E-state index contributed by atoms with van der Waals surface area (Å²) in [5.41, 5.74) is 2.01. The van der Waals surface area contributed by atoms with Gasteiger partial charge >= 0.3 is 0 Å². The number of aromatic nitrogens is 2. The second-order valence-corrected chi connectivity index (χ2v) is 7.12. The van der Waals surface area contributed by atoms with Crippen molar-refractivity contribution in [3.05, 3.63) is 36.3 Å². The largest absolute Gasteiger partial charge is 0.374 e. The minimum absolute atomic E-state index is 0.488. The van der Waals surface area contributed by atoms with Gasteiger partial charge in [-0.1, -0.05) is 6.07 Å². The van der Waals surface area contributed by atoms with Crippen molar-refractivity contribution in [1.82, 2.24) is 19.6 Å². The van der Waals surface area contributed by atoms with E-state index in [-0.39, 0.29) is 0 Å². The van der Waals surface area contributed by atoms with Crippen LogP contribution in [-0.4, -0.2) is 52.6 Å². The zero-order valence-corrected chi connectivity index (χ0v) is 13.9. The van der Waals surface area contributed by atoms with Crippen molar-refractivity contribution < 1.29 is 4.74 Å². The van der Waals surface area contributed by atoms with Crippen molar-refractivity contribution in [2.45, 2.75) is 31.6 Å². The molecule has 0 saturated carbocycles. The van der Waals surface area contributed by atoms with Gasteiger partial charge in [0.15, 0.2) is 5.96 Å². The van der Waals surface area contributed by atoms with Crippen LogP contribution in [0.15, 0.2) is 35.6 Å². The van der Waals surface area contributed by atoms with E-state index in [1.165, 1.54) is 12.8 Å². The first-order valence-corrected chi connectivity index (χ1v) is 8.85. The van der Waals surface area contributed by atoms with E-state index in [0.717, 1.165) is 30.4 Å². The third-order valence-corrected chi connectivity index (χ3v) is 5.81. The lowest BCUT2D eigenvalue weighted by Crippen LogP contribution is -2.41. The lowest BCUT2D eigenvalue weighted by Gasteiger charge is -2.23. The maximum Gasteiger partial charge on any atom is 0.193 e. The molecule has 6 heteroatoms. The summed E-state index contributed by atoms with van der Waals surface area (Å²) >= 11 is 0. The summed E-state index contributed by atoms with van der Waals surface area (Å²) in [6, 6.07) is 6.05. The Bertz CT molecular complexity index is 734. The maximum absolute atomic E-state index is 6.06. The van der Waals surface area contributed by atoms with Gasteiger partial charge in [0.1, 0.15) is 5.65 Å². The number of hydrogen-bond donors (Lipinski definition) is 1. The number of fused-ring (bicyclic) bond motifs is 6. The molecule has 3 fully saturated rings. The average molecular weight is 325 g/mol. The molecule has 24 heavy (non-hydrogen) atoms. The van der Waals surface area contributed by atoms with Crippen LogP contribution < -0.4 is 5.32 Å². The third kappa shape index (κ3) is 2.20. The van der Waals surface area contributed by atoms with E-state index in [4.69, 9.17) is 4.74 Å². The van der Waals surface area contributed by atoms with Crippen molar-refractivity contribution in [2.24, 2.45) is 16.8 Å². The minimum atomic E-state index is 0.488. The predicted molar refractivity (Wildman–Crippen MR) is 91.8 cm³/mol. The second-order valence-electron chi connectivity index (χ2n) is 7.12. The molecular weight excluding hydrogens is 302 g/mol. The Morgan fingerprint density at radius 3 is 2.79 bits per heavy atom. The van der Waals surface area contributed by atoms with E-state index in [0.29, 0.717) is 30.6 Å². The van der Waals surface area contributed by atoms with E-state index in [1.807, 2.05) is 31.4 Å². The third-order valence-electron chi connectivity index (χ3n) is 5.81. The molecule has 0 amide bonds. The molecule has 6 nitrogen and oxygen atoms in total. The molecule has 5 heterocycles. The smallest absolute Gasteiger partial charge is 0.193 e. The predicted octanol–water partition coefficient (Wildman–Crippen LogP) is 1.52. The fraction of sp³-hybridized carbons (Fsp3) is 0.556. The first-order valence-electron chi connectivity index (χ1n) is 8.85. The molecule has 2 aromatic rings. The highest BCUT2D eigenvalue weighted by Gasteiger charge is 2.53. The topological polar surface area (TPSA) is 54.2 Å². The number of rotatable bonds is 2. The fourth-order valence-corrected chi connectivity index (χ4v) is 4.71. The average Bonchev–Trinajstić information content (AvgIpc) is 3.35. The molecule has 3 aliphatic heterocycles. The number of hydrogen-bond acceptors (Lipinski definition) is 3. The Morgan fingerprint density at radius 1 is 1.29 bits per heavy atom. The van der Waals surface area contributed by atoms with Crippen LogP contribution in [0.4, 0.5) is 0 Å². The van der Waals surface area contributed by atoms with E-state index < -0.39 is 0 Å². The quantitative estimate of drug-likeness (QED) is 0.672. The molecule has 3 aliphatic rings. The van der Waals surface area contributed by atoms with Crippen LogP contribution in [0.5, 0.6) is 0 Å². The van der Waals surface area contributed by atoms with Crippen LogP contribution in [0.25, 0.3) is 5.65 Å². The summed E-state index contributed by atoms with van der Waals surface area (Å²) < 4.78 is 8.11. The summed E-state index contributed by atoms with van der Waals surface area (Å²) in [6.07, 6.45) is 7.56. The second kappa shape index (κ2) is 5.48. The molecule has 3 saturated heterocycles. The maximum atomic E-state index is 6.06. The Morgan fingerprint density at radius 2 is 2.08 bits per heavy atom. The van der Waals surface area contributed by atoms with Gasteiger partial charge in [-0.15, -0.1) is 0 Å². The molecule has 0 aromatic carbocycles. The molecule has 2 bridgehead atoms. The molecule has 4 atom stereocenters. The summed E-state index contributed by atoms with van der Waals surface area (Å²) in [7, 11) is 1.87. The molecule has 2 aromatic heterocycles. The van der Waals surface area contributed by atoms with E-state index in [2.05, 4.69) is 30.8 Å². The number of ether oxygens (including phenoxy) is 1. The molecule has 5 rings (SSSR count). The zero-order chi connectivity index (χ0) is 16.1. The lowest BCUT2D eigenvalue weighted by molar-refractivity contribution is 0.0767. The Hall–Kier alpha value is -2.08. The molecule has 4 unspecified atom stereocenters. The number of pyridine rings is 1. The summed E-state index contributed by atoms with van der Waals surface area (Å²) in [4.78, 5) is 11.5. The SMILES string of the molecule is CN=C(NCc1cn2ccccc2n1)N1CC2C3CCC(O3)C2C1. The standard InChI is InChI=1S/C18H23N5O/c1-19-18(20-8-12-9-22-7-3-2-4-17(22)21-12)23-10-13-14(11-23)16-6-5-15(13)24-16/h2-4,7,9,13-16H,5-6,8,10-11H2,1H3,(H,19,20). The number of guanidine groups is 1. The first-order chi connectivity index (χ1) is 11.8. The van der Waals surface area contributed by atoms with Crippen molar-refractivity contribution in [2.75, 3.05) is 20.1 Å². The highest BCUT2D eigenvalue weighted by molar-refractivity contribution is 5.80. The van der Waals surface area contributed by atoms with E-state index in [1.54, 1.807) is 0 Å². The van der Waals surface area contributed by atoms with Gasteiger partial charge in [0.2, 0.25) is 0 Å². The molecular formula is C18H23N5O. The van der Waals surface area contributed by atoms with Crippen molar-refractivity contribution >= 4 is 11.6 Å². The fourth-order valence-electron chi connectivity index (χ4n) is 4.71. The molecule has 0 spiro atoms. The normalized spacial score (nSPS) is 31.9. The van der Waals surface area contributed by atoms with Gasteiger partial charge in [0.25, 0.3) is 0 Å². The molecule has 0 aliphatic carbocycles. The van der Waals surface area contributed by atoms with Crippen LogP contribution in [0.1, 0.15) is 18.5 Å². The highest BCUT2D eigenvalue weighted by atomic mass is 16.5. The van der Waals surface area contributed by atoms with Gasteiger partial charge in [-0.3, -0.25) is 4.99 Å². The molecule has 1 N–H and O–H groups in total. The Kier molecular flexibility index (Phi) is 3.26. The van der Waals surface area contributed by atoms with Crippen LogP contribution >= 0.6 is 0 Å². The van der Waals surface area contributed by atoms with Crippen molar-refractivity contribution in [3.8, 4) is 0 Å².